The first-order valence-electron chi connectivity index (χ1n) is 4.23. The summed E-state index contributed by atoms with van der Waals surface area (Å²) in [5, 5.41) is 8.56. The summed E-state index contributed by atoms with van der Waals surface area (Å²) in [5.41, 5.74) is 5.37. The summed E-state index contributed by atoms with van der Waals surface area (Å²) in [6.45, 7) is 5.70. The molecule has 0 fully saturated rings. The Balaban J connectivity index is 3.57. The molecule has 1 unspecified atom stereocenters. The maximum atomic E-state index is 10.4. The summed E-state index contributed by atoms with van der Waals surface area (Å²) in [7, 11) is 0. The molecule has 4 heteroatoms. The van der Waals surface area contributed by atoms with Crippen molar-refractivity contribution >= 4 is 11.8 Å². The highest BCUT2D eigenvalue weighted by molar-refractivity contribution is 5.90. The maximum absolute atomic E-state index is 10.4. The minimum absolute atomic E-state index is 0.305. The van der Waals surface area contributed by atoms with E-state index in [0.29, 0.717) is 18.8 Å². The standard InChI is InChI=1S/C9H16N2O2/c1-3-8(10)11-6-4-5-7(2)9(12)13/h3,7H,1,4-6H2,2H3,(H2,10,11)(H,12,13). The Hall–Kier alpha value is -1.32. The second kappa shape index (κ2) is 6.22. The number of aliphatic carboxylic acids is 1. The molecule has 0 saturated heterocycles. The molecule has 0 heterocycles. The van der Waals surface area contributed by atoms with Crippen molar-refractivity contribution < 1.29 is 9.90 Å². The molecule has 0 aliphatic carbocycles. The lowest BCUT2D eigenvalue weighted by Gasteiger charge is -2.03. The molecule has 1 atom stereocenters. The third-order valence-electron chi connectivity index (χ3n) is 1.72. The lowest BCUT2D eigenvalue weighted by Crippen LogP contribution is -2.11. The molecule has 0 saturated carbocycles. The van der Waals surface area contributed by atoms with Crippen LogP contribution in [-0.4, -0.2) is 23.5 Å². The molecule has 4 nitrogen and oxygen atoms in total. The Kier molecular flexibility index (Phi) is 5.59. The van der Waals surface area contributed by atoms with Gasteiger partial charge < -0.3 is 10.8 Å². The van der Waals surface area contributed by atoms with Gasteiger partial charge in [0.15, 0.2) is 0 Å². The van der Waals surface area contributed by atoms with Crippen molar-refractivity contribution in [2.75, 3.05) is 6.54 Å². The third-order valence-corrected chi connectivity index (χ3v) is 1.72. The van der Waals surface area contributed by atoms with E-state index in [1.165, 1.54) is 6.08 Å². The molecule has 0 spiro atoms. The van der Waals surface area contributed by atoms with Crippen molar-refractivity contribution in [3.8, 4) is 0 Å². The number of hydrogen-bond donors (Lipinski definition) is 2. The number of hydrogen-bond acceptors (Lipinski definition) is 2. The minimum atomic E-state index is -0.763. The molecule has 13 heavy (non-hydrogen) atoms. The van der Waals surface area contributed by atoms with E-state index in [0.717, 1.165) is 6.42 Å². The monoisotopic (exact) mass is 184 g/mol. The van der Waals surface area contributed by atoms with E-state index < -0.39 is 5.97 Å². The summed E-state index contributed by atoms with van der Waals surface area (Å²) >= 11 is 0. The summed E-state index contributed by atoms with van der Waals surface area (Å²) in [4.78, 5) is 14.4. The van der Waals surface area contributed by atoms with Crippen molar-refractivity contribution in [2.45, 2.75) is 19.8 Å². The van der Waals surface area contributed by atoms with E-state index in [1.807, 2.05) is 0 Å². The second-order valence-electron chi connectivity index (χ2n) is 2.89. The highest BCUT2D eigenvalue weighted by Crippen LogP contribution is 2.04. The molecule has 0 radical (unpaired) electrons. The molecule has 0 aromatic rings. The van der Waals surface area contributed by atoms with Gasteiger partial charge in [-0.05, 0) is 18.9 Å². The van der Waals surface area contributed by atoms with Gasteiger partial charge in [-0.15, -0.1) is 0 Å². The number of carboxylic acid groups (broad SMARTS) is 1. The van der Waals surface area contributed by atoms with E-state index in [1.54, 1.807) is 6.92 Å². The van der Waals surface area contributed by atoms with Crippen LogP contribution in [0.1, 0.15) is 19.8 Å². The third kappa shape index (κ3) is 5.90. The second-order valence-corrected chi connectivity index (χ2v) is 2.89. The fraction of sp³-hybridized carbons (Fsp3) is 0.556. The Morgan fingerprint density at radius 3 is 2.85 bits per heavy atom. The van der Waals surface area contributed by atoms with Crippen molar-refractivity contribution in [3.05, 3.63) is 12.7 Å². The summed E-state index contributed by atoms with van der Waals surface area (Å²) < 4.78 is 0. The Bertz CT molecular complexity index is 212. The quantitative estimate of drug-likeness (QED) is 0.368. The Morgan fingerprint density at radius 2 is 2.38 bits per heavy atom. The minimum Gasteiger partial charge on any atom is -0.481 e. The molecule has 0 bridgehead atoms. The number of amidine groups is 1. The van der Waals surface area contributed by atoms with E-state index in [9.17, 15) is 4.79 Å². The predicted molar refractivity (Wildman–Crippen MR) is 52.7 cm³/mol. The molecular weight excluding hydrogens is 168 g/mol. The number of aliphatic imine (C=N–C) groups is 1. The number of carboxylic acids is 1. The van der Waals surface area contributed by atoms with Gasteiger partial charge in [0.05, 0.1) is 5.92 Å². The lowest BCUT2D eigenvalue weighted by molar-refractivity contribution is -0.141. The van der Waals surface area contributed by atoms with E-state index >= 15 is 0 Å². The molecule has 0 rings (SSSR count). The summed E-state index contributed by atoms with van der Waals surface area (Å²) in [6, 6.07) is 0. The van der Waals surface area contributed by atoms with Crippen LogP contribution >= 0.6 is 0 Å². The van der Waals surface area contributed by atoms with Crippen LogP contribution in [-0.2, 0) is 4.79 Å². The zero-order chi connectivity index (χ0) is 10.3. The average molecular weight is 184 g/mol. The Morgan fingerprint density at radius 1 is 1.77 bits per heavy atom. The van der Waals surface area contributed by atoms with Gasteiger partial charge in [-0.3, -0.25) is 9.79 Å². The summed E-state index contributed by atoms with van der Waals surface area (Å²) in [6.07, 6.45) is 2.84. The molecule has 0 amide bonds. The fourth-order valence-corrected chi connectivity index (χ4v) is 0.794. The average Bonchev–Trinajstić information content (AvgIpc) is 2.11. The highest BCUT2D eigenvalue weighted by atomic mass is 16.4. The van der Waals surface area contributed by atoms with Crippen LogP contribution in [0.15, 0.2) is 17.6 Å². The van der Waals surface area contributed by atoms with Crippen molar-refractivity contribution in [1.82, 2.24) is 0 Å². The lowest BCUT2D eigenvalue weighted by atomic mass is 10.1. The van der Waals surface area contributed by atoms with Crippen LogP contribution in [0.5, 0.6) is 0 Å². The van der Waals surface area contributed by atoms with E-state index in [4.69, 9.17) is 10.8 Å². The van der Waals surface area contributed by atoms with Gasteiger partial charge in [-0.25, -0.2) is 0 Å². The van der Waals surface area contributed by atoms with E-state index in [-0.39, 0.29) is 5.92 Å². The van der Waals surface area contributed by atoms with Gasteiger partial charge in [0.1, 0.15) is 5.84 Å². The molecule has 0 aromatic heterocycles. The van der Waals surface area contributed by atoms with Gasteiger partial charge >= 0.3 is 5.97 Å². The number of nitrogens with two attached hydrogens (primary N) is 1. The predicted octanol–water partition coefficient (Wildman–Crippen LogP) is 1.03. The molecule has 0 aromatic carbocycles. The van der Waals surface area contributed by atoms with Crippen LogP contribution < -0.4 is 5.73 Å². The normalized spacial score (nSPS) is 13.8. The SMILES string of the molecule is C=CC(N)=NCCCC(C)C(=O)O. The number of rotatable bonds is 6. The molecule has 3 N–H and O–H groups in total. The number of nitrogens with zero attached hydrogens (tertiary/aromatic N) is 1. The van der Waals surface area contributed by atoms with Gasteiger partial charge in [-0.2, -0.15) is 0 Å². The van der Waals surface area contributed by atoms with Gasteiger partial charge in [0.2, 0.25) is 0 Å². The largest absolute Gasteiger partial charge is 0.481 e. The fourth-order valence-electron chi connectivity index (χ4n) is 0.794. The molecular formula is C9H16N2O2. The topological polar surface area (TPSA) is 75.7 Å². The maximum Gasteiger partial charge on any atom is 0.306 e. The summed E-state index contributed by atoms with van der Waals surface area (Å²) in [5.74, 6) is -0.663. The van der Waals surface area contributed by atoms with E-state index in [2.05, 4.69) is 11.6 Å². The van der Waals surface area contributed by atoms with Crippen LogP contribution in [0.4, 0.5) is 0 Å². The molecule has 0 aliphatic heterocycles. The molecule has 74 valence electrons. The first-order valence-corrected chi connectivity index (χ1v) is 4.23. The van der Waals surface area contributed by atoms with Crippen LogP contribution in [0.3, 0.4) is 0 Å². The van der Waals surface area contributed by atoms with Crippen LogP contribution in [0, 0.1) is 5.92 Å². The smallest absolute Gasteiger partial charge is 0.306 e. The van der Waals surface area contributed by atoms with Crippen LogP contribution in [0.2, 0.25) is 0 Å². The first kappa shape index (κ1) is 11.7. The zero-order valence-electron chi connectivity index (χ0n) is 7.86. The molecule has 0 aliphatic rings. The zero-order valence-corrected chi connectivity index (χ0v) is 7.86. The van der Waals surface area contributed by atoms with Crippen molar-refractivity contribution in [2.24, 2.45) is 16.6 Å². The van der Waals surface area contributed by atoms with Crippen molar-refractivity contribution in [3.63, 3.8) is 0 Å². The van der Waals surface area contributed by atoms with Gasteiger partial charge in [-0.1, -0.05) is 13.5 Å². The Labute approximate surface area is 78.2 Å². The van der Waals surface area contributed by atoms with Crippen molar-refractivity contribution in [1.29, 1.82) is 0 Å². The number of carbonyl (C=O) groups is 1. The first-order chi connectivity index (χ1) is 6.07. The van der Waals surface area contributed by atoms with Gasteiger partial charge in [0.25, 0.3) is 0 Å². The highest BCUT2D eigenvalue weighted by Gasteiger charge is 2.08. The van der Waals surface area contributed by atoms with Gasteiger partial charge in [0, 0.05) is 6.54 Å². The van der Waals surface area contributed by atoms with Crippen LogP contribution in [0.25, 0.3) is 0 Å².